The average molecular weight is 239 g/mol. The summed E-state index contributed by atoms with van der Waals surface area (Å²) in [7, 11) is 0. The van der Waals surface area contributed by atoms with Crippen molar-refractivity contribution in [3.63, 3.8) is 0 Å². The molecule has 3 aromatic rings. The zero-order chi connectivity index (χ0) is 12.5. The fourth-order valence-electron chi connectivity index (χ4n) is 1.88. The lowest BCUT2D eigenvalue weighted by Gasteiger charge is -1.97. The zero-order valence-electron chi connectivity index (χ0n) is 9.76. The highest BCUT2D eigenvalue weighted by molar-refractivity contribution is 5.87. The van der Waals surface area contributed by atoms with Crippen LogP contribution in [0.2, 0.25) is 0 Å². The molecule has 0 amide bonds. The third kappa shape index (κ3) is 1.72. The third-order valence-electron chi connectivity index (χ3n) is 2.89. The van der Waals surface area contributed by atoms with Gasteiger partial charge in [-0.2, -0.15) is 0 Å². The number of nitrogens with two attached hydrogens (primary N) is 2. The van der Waals surface area contributed by atoms with Crippen LogP contribution < -0.4 is 11.5 Å². The average Bonchev–Trinajstić information content (AvgIpc) is 2.84. The molecule has 4 N–H and O–H groups in total. The van der Waals surface area contributed by atoms with Gasteiger partial charge in [-0.25, -0.2) is 4.98 Å². The molecule has 0 saturated carbocycles. The van der Waals surface area contributed by atoms with E-state index in [1.165, 1.54) is 0 Å². The molecule has 1 aromatic heterocycles. The van der Waals surface area contributed by atoms with Gasteiger partial charge < -0.3 is 15.9 Å². The van der Waals surface area contributed by atoms with E-state index in [1.54, 1.807) is 0 Å². The van der Waals surface area contributed by atoms with Crippen molar-refractivity contribution in [2.75, 3.05) is 5.73 Å². The van der Waals surface area contributed by atoms with Crippen LogP contribution in [0.25, 0.3) is 22.6 Å². The molecule has 0 spiro atoms. The number of benzene rings is 2. The van der Waals surface area contributed by atoms with Crippen molar-refractivity contribution < 1.29 is 4.42 Å². The van der Waals surface area contributed by atoms with Crippen molar-refractivity contribution in [2.24, 2.45) is 5.73 Å². The Kier molecular flexibility index (Phi) is 2.50. The summed E-state index contributed by atoms with van der Waals surface area (Å²) in [5.41, 5.74) is 15.4. The topological polar surface area (TPSA) is 78.1 Å². The van der Waals surface area contributed by atoms with E-state index in [0.717, 1.165) is 11.1 Å². The number of rotatable bonds is 2. The summed E-state index contributed by atoms with van der Waals surface area (Å²) in [4.78, 5) is 4.42. The molecule has 3 rings (SSSR count). The summed E-state index contributed by atoms with van der Waals surface area (Å²) in [6.07, 6.45) is 0. The Bertz CT molecular complexity index is 686. The Balaban J connectivity index is 2.10. The van der Waals surface area contributed by atoms with Gasteiger partial charge in [0.1, 0.15) is 5.52 Å². The van der Waals surface area contributed by atoms with Crippen LogP contribution in [0.1, 0.15) is 5.56 Å². The first-order valence-corrected chi connectivity index (χ1v) is 5.72. The first-order valence-electron chi connectivity index (χ1n) is 5.72. The van der Waals surface area contributed by atoms with E-state index in [2.05, 4.69) is 4.98 Å². The third-order valence-corrected chi connectivity index (χ3v) is 2.89. The number of aromatic nitrogens is 1. The van der Waals surface area contributed by atoms with Gasteiger partial charge >= 0.3 is 0 Å². The molecule has 0 atom stereocenters. The van der Waals surface area contributed by atoms with Crippen molar-refractivity contribution in [3.8, 4) is 11.5 Å². The minimum Gasteiger partial charge on any atom is -0.436 e. The number of fused-ring (bicyclic) bond motifs is 1. The standard InChI is InChI=1S/C14H13N3O/c15-8-9-4-6-10(7-5-9)14-17-13-11(16)2-1-3-12(13)18-14/h1-7H,8,15-16H2. The van der Waals surface area contributed by atoms with Crippen LogP contribution in [0.15, 0.2) is 46.9 Å². The van der Waals surface area contributed by atoms with Gasteiger partial charge in [0.15, 0.2) is 5.58 Å². The highest BCUT2D eigenvalue weighted by Gasteiger charge is 2.09. The number of nitrogen functional groups attached to an aromatic ring is 1. The van der Waals surface area contributed by atoms with Crippen molar-refractivity contribution in [2.45, 2.75) is 6.54 Å². The van der Waals surface area contributed by atoms with Crippen LogP contribution in [-0.4, -0.2) is 4.98 Å². The summed E-state index contributed by atoms with van der Waals surface area (Å²) < 4.78 is 5.69. The first kappa shape index (κ1) is 10.8. The lowest BCUT2D eigenvalue weighted by atomic mass is 10.1. The van der Waals surface area contributed by atoms with E-state index in [1.807, 2.05) is 42.5 Å². The lowest BCUT2D eigenvalue weighted by Crippen LogP contribution is -1.95. The molecule has 0 fully saturated rings. The Morgan fingerprint density at radius 2 is 1.83 bits per heavy atom. The number of anilines is 1. The molecule has 2 aromatic carbocycles. The second kappa shape index (κ2) is 4.16. The fraction of sp³-hybridized carbons (Fsp3) is 0.0714. The largest absolute Gasteiger partial charge is 0.436 e. The molecule has 0 saturated heterocycles. The van der Waals surface area contributed by atoms with Crippen molar-refractivity contribution in [1.29, 1.82) is 0 Å². The van der Waals surface area contributed by atoms with Gasteiger partial charge in [0, 0.05) is 12.1 Å². The molecule has 1 heterocycles. The molecule has 0 radical (unpaired) electrons. The summed E-state index contributed by atoms with van der Waals surface area (Å²) in [5, 5.41) is 0. The summed E-state index contributed by atoms with van der Waals surface area (Å²) >= 11 is 0. The smallest absolute Gasteiger partial charge is 0.227 e. The predicted molar refractivity (Wildman–Crippen MR) is 71.7 cm³/mol. The molecule has 0 bridgehead atoms. The highest BCUT2D eigenvalue weighted by atomic mass is 16.3. The monoisotopic (exact) mass is 239 g/mol. The minimum atomic E-state index is 0.529. The number of oxazole rings is 1. The number of para-hydroxylation sites is 1. The van der Waals surface area contributed by atoms with Crippen molar-refractivity contribution >= 4 is 16.8 Å². The molecule has 4 heteroatoms. The van der Waals surface area contributed by atoms with Gasteiger partial charge in [0.25, 0.3) is 0 Å². The SMILES string of the molecule is NCc1ccc(-c2nc3c(N)cccc3o2)cc1. The summed E-state index contributed by atoms with van der Waals surface area (Å²) in [6.45, 7) is 0.529. The predicted octanol–water partition coefficient (Wildman–Crippen LogP) is 2.54. The van der Waals surface area contributed by atoms with E-state index in [9.17, 15) is 0 Å². The number of hydrogen-bond acceptors (Lipinski definition) is 4. The molecule has 4 nitrogen and oxygen atoms in total. The maximum absolute atomic E-state index is 5.85. The quantitative estimate of drug-likeness (QED) is 0.673. The second-order valence-corrected chi connectivity index (χ2v) is 4.11. The number of nitrogens with zero attached hydrogens (tertiary/aromatic N) is 1. The summed E-state index contributed by atoms with van der Waals surface area (Å²) in [5.74, 6) is 0.575. The van der Waals surface area contributed by atoms with E-state index in [4.69, 9.17) is 15.9 Å². The molecule has 0 aliphatic rings. The van der Waals surface area contributed by atoms with Gasteiger partial charge in [-0.15, -0.1) is 0 Å². The normalized spacial score (nSPS) is 10.9. The Hall–Kier alpha value is -2.33. The molecular formula is C14H13N3O. The van der Waals surface area contributed by atoms with E-state index >= 15 is 0 Å². The molecular weight excluding hydrogens is 226 g/mol. The molecule has 0 unspecified atom stereocenters. The Morgan fingerprint density at radius 3 is 2.50 bits per heavy atom. The zero-order valence-corrected chi connectivity index (χ0v) is 9.76. The van der Waals surface area contributed by atoms with E-state index in [-0.39, 0.29) is 0 Å². The van der Waals surface area contributed by atoms with Crippen LogP contribution in [-0.2, 0) is 6.54 Å². The molecule has 90 valence electrons. The van der Waals surface area contributed by atoms with Gasteiger partial charge in [-0.1, -0.05) is 18.2 Å². The van der Waals surface area contributed by atoms with Crippen LogP contribution in [0.5, 0.6) is 0 Å². The molecule has 0 aliphatic carbocycles. The Morgan fingerprint density at radius 1 is 1.06 bits per heavy atom. The molecule has 18 heavy (non-hydrogen) atoms. The van der Waals surface area contributed by atoms with Crippen LogP contribution in [0.4, 0.5) is 5.69 Å². The maximum atomic E-state index is 5.85. The Labute approximate surface area is 104 Å². The number of hydrogen-bond donors (Lipinski definition) is 2. The van der Waals surface area contributed by atoms with Crippen LogP contribution in [0, 0.1) is 0 Å². The van der Waals surface area contributed by atoms with Gasteiger partial charge in [0.2, 0.25) is 5.89 Å². The van der Waals surface area contributed by atoms with Gasteiger partial charge in [-0.3, -0.25) is 0 Å². The van der Waals surface area contributed by atoms with Crippen molar-refractivity contribution in [3.05, 3.63) is 48.0 Å². The summed E-state index contributed by atoms with van der Waals surface area (Å²) in [6, 6.07) is 13.3. The fourth-order valence-corrected chi connectivity index (χ4v) is 1.88. The van der Waals surface area contributed by atoms with E-state index < -0.39 is 0 Å². The second-order valence-electron chi connectivity index (χ2n) is 4.11. The van der Waals surface area contributed by atoms with Gasteiger partial charge in [-0.05, 0) is 29.8 Å². The lowest BCUT2D eigenvalue weighted by molar-refractivity contribution is 0.620. The maximum Gasteiger partial charge on any atom is 0.227 e. The minimum absolute atomic E-state index is 0.529. The highest BCUT2D eigenvalue weighted by Crippen LogP contribution is 2.27. The van der Waals surface area contributed by atoms with Crippen molar-refractivity contribution in [1.82, 2.24) is 4.98 Å². The first-order chi connectivity index (χ1) is 8.78. The van der Waals surface area contributed by atoms with Crippen LogP contribution in [0.3, 0.4) is 0 Å². The van der Waals surface area contributed by atoms with Crippen LogP contribution >= 0.6 is 0 Å². The molecule has 0 aliphatic heterocycles. The van der Waals surface area contributed by atoms with Gasteiger partial charge in [0.05, 0.1) is 5.69 Å². The van der Waals surface area contributed by atoms with E-state index in [0.29, 0.717) is 29.2 Å².